The quantitative estimate of drug-likeness (QED) is 0.0174. The van der Waals surface area contributed by atoms with Crippen LogP contribution in [0.4, 0.5) is 11.5 Å². The third-order valence-electron chi connectivity index (χ3n) is 29.0. The molecule has 0 spiro atoms. The Kier molecular flexibility index (Phi) is 36.9. The molecule has 0 bridgehead atoms. The van der Waals surface area contributed by atoms with Gasteiger partial charge in [-0.15, -0.1) is 0 Å². The van der Waals surface area contributed by atoms with E-state index >= 15 is 0 Å². The largest absolute Gasteiger partial charge is 0.399 e. The topological polar surface area (TPSA) is 477 Å². The van der Waals surface area contributed by atoms with Gasteiger partial charge in [-0.3, -0.25) is 48.1 Å². The standard InChI is InChI=1S/C26H29N5O3.C21H25N3O3.C19H29N3O3.C18H21ClN2O2.C16H18N2O2.C15H15ClN2O2/c27-20-11-12-28-23(14-20)29-25(32)19-8-4-7-18(13-19)24(17-5-2-1-3-6-17)30-26(33)21-15-22(34-31-21)16-9-10-16;25-18(12-16-8-4-5-11-22-16)20(15-6-2-1-3-7-15)23-21(26)17-13-19(27-24-17)14-9-10-14;1-4-15(13-7-9-22(10-8-13)19(24)12(2)3)20-18(23)16-11-17(25-21-16)14-5-6-14;1-18(2,3)16(12-6-8-13(19)9-7-12)20-17(22)14-10-15(23-21-14)11-4-5-11;1-10-6-11(9-17)2-3-13(10)7-15(19)14-8-16(20-18-14)12-4-5-12;16-12-5-9(8-17)1-2-11(12)6-14(19)13-7-15(20-18-13)10-3-4-10/h4,7-8,11-17,24H,1-3,5-6,9-10H2,(H,30,33)(H3,27,28,29,32);4-5,8,11,13-15,20H,1-3,6-7,9-10,12H2,(H,23,26);11-15H,4-10H2,1-3H3,(H,20,23);6-11,16H,4-5H2,1-3H3,(H,20,22);2-3,6,8,12H,4-5,7,9,17H2,1H3;1-2,5,7,10H,3-4,6,8,17H2. The van der Waals surface area contributed by atoms with E-state index in [9.17, 15) is 43.2 Å². The lowest BCUT2D eigenvalue weighted by Crippen LogP contribution is -2.47. The van der Waals surface area contributed by atoms with Gasteiger partial charge in [0.15, 0.2) is 40.1 Å². The number of amides is 6. The van der Waals surface area contributed by atoms with Crippen LogP contribution in [0, 0.1) is 36.0 Å². The number of hydrogen-bond donors (Lipinski definition) is 8. The number of carbonyl (C=O) groups excluding carboxylic acids is 9. The summed E-state index contributed by atoms with van der Waals surface area (Å²) in [4.78, 5) is 124. The van der Waals surface area contributed by atoms with E-state index in [1.54, 1.807) is 73.1 Å². The van der Waals surface area contributed by atoms with Crippen LogP contribution in [-0.2, 0) is 41.9 Å². The minimum Gasteiger partial charge on any atom is -0.399 e. The van der Waals surface area contributed by atoms with Gasteiger partial charge in [0.05, 0.1) is 24.5 Å². The number of halogens is 2. The zero-order valence-corrected chi connectivity index (χ0v) is 87.4. The zero-order chi connectivity index (χ0) is 105. The summed E-state index contributed by atoms with van der Waals surface area (Å²) in [5.41, 5.74) is 27.5. The molecule has 32 nitrogen and oxygen atoms in total. The molecule has 8 aliphatic carbocycles. The number of nitrogens with two attached hydrogens (primary N) is 3. The van der Waals surface area contributed by atoms with Crippen LogP contribution >= 0.6 is 23.2 Å². The molecule has 9 aliphatic rings. The highest BCUT2D eigenvalue weighted by atomic mass is 35.5. The van der Waals surface area contributed by atoms with Crippen LogP contribution in [-0.4, -0.2) is 124 Å². The average molecular weight is 2070 g/mol. The molecule has 1 aliphatic heterocycles. The first kappa shape index (κ1) is 108. The number of aryl methyl sites for hydroxylation is 1. The van der Waals surface area contributed by atoms with Gasteiger partial charge in [0, 0.05) is 168 Å². The number of ketones is 3. The molecular formula is C115H137Cl2N17O15. The van der Waals surface area contributed by atoms with Crippen molar-refractivity contribution in [1.29, 1.82) is 0 Å². The number of nitrogens with one attached hydrogen (secondary N) is 5. The summed E-state index contributed by atoms with van der Waals surface area (Å²) < 4.78 is 31.6. The molecule has 21 rings (SSSR count). The van der Waals surface area contributed by atoms with Crippen LogP contribution in [0.2, 0.25) is 10.0 Å². The van der Waals surface area contributed by atoms with Crippen molar-refractivity contribution in [2.24, 2.45) is 40.6 Å². The van der Waals surface area contributed by atoms with Gasteiger partial charge in [-0.2, -0.15) is 0 Å². The van der Waals surface area contributed by atoms with Gasteiger partial charge >= 0.3 is 0 Å². The van der Waals surface area contributed by atoms with Crippen molar-refractivity contribution in [1.82, 2.24) is 67.1 Å². The molecule has 786 valence electrons. The Balaban J connectivity index is 0.000000129. The van der Waals surface area contributed by atoms with Crippen LogP contribution in [0.15, 0.2) is 191 Å². The fourth-order valence-corrected chi connectivity index (χ4v) is 19.7. The number of anilines is 2. The third kappa shape index (κ3) is 30.9. The Morgan fingerprint density at radius 2 is 0.886 bits per heavy atom. The molecule has 4 atom stereocenters. The molecule has 0 radical (unpaired) electrons. The number of aromatic nitrogens is 8. The number of nitrogen functional groups attached to an aromatic ring is 1. The number of likely N-dealkylation sites (tertiary alicyclic amines) is 1. The fourth-order valence-electron chi connectivity index (χ4n) is 19.3. The summed E-state index contributed by atoms with van der Waals surface area (Å²) in [6, 6.07) is 45.1. The molecule has 4 unspecified atom stereocenters. The SMILES string of the molecule is CC(C)(C)C(NC(=O)c1cc(C2CC2)on1)c1ccc(Cl)cc1.CCC(NC(=O)c1cc(C2CC2)on1)C1CCN(C(=O)C(C)C)CC1.Cc1cc(CN)ccc1CC(=O)c1cc(C2CC2)on1.NCc1ccc(CC(=O)c2cc(C3CC3)on2)c(Cl)c1.Nc1ccnc(NC(=O)c2cccc(C(NC(=O)c3cc(C4CC4)on3)C3CCCCC3)c2)c1.O=C(NC(C(=O)Cc1ccccn1)C1CCCCC1)c1cc(C2CC2)on1. The van der Waals surface area contributed by atoms with Crippen molar-refractivity contribution in [2.75, 3.05) is 24.1 Å². The van der Waals surface area contributed by atoms with E-state index in [2.05, 4.69) is 95.2 Å². The highest BCUT2D eigenvalue weighted by Crippen LogP contribution is 2.46. The lowest BCUT2D eigenvalue weighted by Gasteiger charge is -2.36. The molecular weight excluding hydrogens is 1930 g/mol. The first-order valence-corrected chi connectivity index (χ1v) is 53.7. The predicted molar refractivity (Wildman–Crippen MR) is 563 cm³/mol. The van der Waals surface area contributed by atoms with Gasteiger partial charge in [-0.25, -0.2) is 4.98 Å². The maximum Gasteiger partial charge on any atom is 0.274 e. The molecule has 9 heterocycles. The average Bonchev–Trinajstić information content (AvgIpc) is 1.68. The molecule has 8 saturated carbocycles. The lowest BCUT2D eigenvalue weighted by atomic mass is 9.80. The van der Waals surface area contributed by atoms with Crippen LogP contribution < -0.4 is 43.8 Å². The van der Waals surface area contributed by atoms with Gasteiger partial charge in [0.1, 0.15) is 51.8 Å². The summed E-state index contributed by atoms with van der Waals surface area (Å²) in [5.74, 6) is 7.77. The summed E-state index contributed by atoms with van der Waals surface area (Å²) >= 11 is 12.1. The van der Waals surface area contributed by atoms with Crippen molar-refractivity contribution in [3.63, 3.8) is 0 Å². The molecule has 12 aromatic rings. The summed E-state index contributed by atoms with van der Waals surface area (Å²) in [5, 5.41) is 39.9. The number of piperidine rings is 1. The van der Waals surface area contributed by atoms with E-state index in [0.29, 0.717) is 122 Å². The van der Waals surface area contributed by atoms with Crippen LogP contribution in [0.5, 0.6) is 0 Å². The molecule has 11 N–H and O–H groups in total. The zero-order valence-electron chi connectivity index (χ0n) is 85.9. The van der Waals surface area contributed by atoms with Crippen molar-refractivity contribution in [2.45, 2.75) is 301 Å². The van der Waals surface area contributed by atoms with E-state index in [4.69, 9.17) is 67.5 Å². The Labute approximate surface area is 878 Å². The third-order valence-corrected chi connectivity index (χ3v) is 29.6. The van der Waals surface area contributed by atoms with Crippen LogP contribution in [0.1, 0.15) is 402 Å². The number of nitrogens with zero attached hydrogens (tertiary/aromatic N) is 9. The summed E-state index contributed by atoms with van der Waals surface area (Å²) in [6.07, 6.45) is 31.0. The Morgan fingerprint density at radius 3 is 1.34 bits per heavy atom. The van der Waals surface area contributed by atoms with Gasteiger partial charge < -0.3 is 75.8 Å². The highest BCUT2D eigenvalue weighted by Gasteiger charge is 2.40. The van der Waals surface area contributed by atoms with Crippen LogP contribution in [0.25, 0.3) is 0 Å². The summed E-state index contributed by atoms with van der Waals surface area (Å²) in [6.45, 7) is 16.8. The first-order valence-electron chi connectivity index (χ1n) is 52.9. The number of Topliss-reactive ketones (excluding diaryl/α,β-unsaturated/α-hetero) is 3. The minimum absolute atomic E-state index is 0.00393. The van der Waals surface area contributed by atoms with Crippen molar-refractivity contribution >= 4 is 87.5 Å². The molecule has 6 amide bonds. The maximum absolute atomic E-state index is 13.1. The number of benzene rings is 4. The number of hydrogen-bond acceptors (Lipinski definition) is 26. The van der Waals surface area contributed by atoms with E-state index in [1.807, 2.05) is 117 Å². The van der Waals surface area contributed by atoms with Gasteiger partial charge in [-0.1, -0.05) is 195 Å². The molecule has 9 fully saturated rings. The van der Waals surface area contributed by atoms with E-state index < -0.39 is 6.04 Å². The minimum atomic E-state index is -0.499. The second kappa shape index (κ2) is 50.7. The Hall–Kier alpha value is -13.4. The maximum atomic E-state index is 13.1. The van der Waals surface area contributed by atoms with Crippen LogP contribution in [0.3, 0.4) is 0 Å². The normalized spacial score (nSPS) is 17.1. The van der Waals surface area contributed by atoms with Gasteiger partial charge in [-0.05, 0) is 240 Å². The van der Waals surface area contributed by atoms with Crippen molar-refractivity contribution < 1.29 is 70.3 Å². The van der Waals surface area contributed by atoms with Gasteiger partial charge in [0.25, 0.3) is 29.5 Å². The molecule has 1 saturated heterocycles. The van der Waals surface area contributed by atoms with Crippen molar-refractivity contribution in [3.05, 3.63) is 293 Å². The lowest BCUT2D eigenvalue weighted by molar-refractivity contribution is -0.136. The predicted octanol–water partition coefficient (Wildman–Crippen LogP) is 21.8. The molecule has 8 aromatic heterocycles. The molecule has 34 heteroatoms. The summed E-state index contributed by atoms with van der Waals surface area (Å²) in [7, 11) is 0. The number of pyridine rings is 2. The number of carbonyl (C=O) groups is 9. The molecule has 149 heavy (non-hydrogen) atoms. The number of rotatable bonds is 34. The highest BCUT2D eigenvalue weighted by molar-refractivity contribution is 6.31. The smallest absolute Gasteiger partial charge is 0.274 e. The Bertz CT molecular complexity index is 6460. The first-order chi connectivity index (χ1) is 71.9. The monoisotopic (exact) mass is 2070 g/mol. The van der Waals surface area contributed by atoms with E-state index in [-0.39, 0.29) is 107 Å². The second-order valence-electron chi connectivity index (χ2n) is 42.5. The van der Waals surface area contributed by atoms with E-state index in [0.717, 1.165) is 240 Å². The van der Waals surface area contributed by atoms with Crippen molar-refractivity contribution in [3.8, 4) is 0 Å². The molecule has 4 aromatic carbocycles. The second-order valence-corrected chi connectivity index (χ2v) is 43.3. The van der Waals surface area contributed by atoms with Gasteiger partial charge in [0.2, 0.25) is 5.91 Å². The Morgan fingerprint density at radius 1 is 0.430 bits per heavy atom. The fraction of sp³-hybridized carbons (Fsp3) is 0.470. The van der Waals surface area contributed by atoms with E-state index in [1.165, 1.54) is 12.8 Å².